The number of hydrogen-bond acceptors (Lipinski definition) is 2. The van der Waals surface area contributed by atoms with Crippen LogP contribution in [0.15, 0.2) is 35.1 Å². The van der Waals surface area contributed by atoms with Gasteiger partial charge in [0.25, 0.3) is 0 Å². The van der Waals surface area contributed by atoms with Gasteiger partial charge in [0.15, 0.2) is 0 Å². The first-order valence-electron chi connectivity index (χ1n) is 5.29. The van der Waals surface area contributed by atoms with Gasteiger partial charge in [-0.3, -0.25) is 4.98 Å². The van der Waals surface area contributed by atoms with E-state index in [2.05, 4.69) is 15.0 Å². The molecule has 0 atom stereocenters. The summed E-state index contributed by atoms with van der Waals surface area (Å²) in [7, 11) is 0. The minimum atomic E-state index is -0.395. The number of hydrogen-bond donors (Lipinski definition) is 4. The summed E-state index contributed by atoms with van der Waals surface area (Å²) >= 11 is 0. The standard InChI is InChI=1S/C12H11N3O2/c16-11-10(14-12(17)15-11)6-8-5-7-3-1-2-4-9(7)13-8/h1-5,13,16H,6H2,(H2,14,15,17). The number of aromatic hydroxyl groups is 1. The maximum absolute atomic E-state index is 11.0. The van der Waals surface area contributed by atoms with E-state index in [1.165, 1.54) is 0 Å². The van der Waals surface area contributed by atoms with Crippen molar-refractivity contribution in [2.45, 2.75) is 6.42 Å². The quantitative estimate of drug-likeness (QED) is 0.536. The van der Waals surface area contributed by atoms with Gasteiger partial charge in [0.05, 0.1) is 5.69 Å². The largest absolute Gasteiger partial charge is 0.493 e. The van der Waals surface area contributed by atoms with E-state index in [-0.39, 0.29) is 5.88 Å². The molecule has 1 aromatic carbocycles. The van der Waals surface area contributed by atoms with Crippen molar-refractivity contribution in [3.63, 3.8) is 0 Å². The third-order valence-corrected chi connectivity index (χ3v) is 2.74. The molecule has 0 saturated carbocycles. The summed E-state index contributed by atoms with van der Waals surface area (Å²) in [4.78, 5) is 19.1. The molecular weight excluding hydrogens is 218 g/mol. The van der Waals surface area contributed by atoms with E-state index in [1.54, 1.807) is 0 Å². The van der Waals surface area contributed by atoms with Crippen LogP contribution in [0, 0.1) is 0 Å². The van der Waals surface area contributed by atoms with Crippen LogP contribution in [0.1, 0.15) is 11.4 Å². The average Bonchev–Trinajstić information content (AvgIpc) is 2.82. The van der Waals surface area contributed by atoms with Gasteiger partial charge in [0.1, 0.15) is 0 Å². The zero-order valence-corrected chi connectivity index (χ0v) is 8.95. The number of H-pyrrole nitrogens is 3. The maximum atomic E-state index is 11.0. The molecule has 0 saturated heterocycles. The summed E-state index contributed by atoms with van der Waals surface area (Å²) in [6.07, 6.45) is 0.458. The van der Waals surface area contributed by atoms with Crippen LogP contribution in [0.3, 0.4) is 0 Å². The van der Waals surface area contributed by atoms with Crippen molar-refractivity contribution in [1.29, 1.82) is 0 Å². The molecule has 0 bridgehead atoms. The van der Waals surface area contributed by atoms with E-state index in [0.717, 1.165) is 16.6 Å². The second-order valence-corrected chi connectivity index (χ2v) is 3.96. The molecular formula is C12H11N3O2. The Morgan fingerprint density at radius 1 is 1.12 bits per heavy atom. The number of aromatic amines is 3. The van der Waals surface area contributed by atoms with Gasteiger partial charge < -0.3 is 15.1 Å². The molecule has 2 heterocycles. The van der Waals surface area contributed by atoms with Crippen LogP contribution in [0.5, 0.6) is 5.88 Å². The van der Waals surface area contributed by atoms with Crippen molar-refractivity contribution in [2.24, 2.45) is 0 Å². The predicted octanol–water partition coefficient (Wildman–Crippen LogP) is 1.48. The van der Waals surface area contributed by atoms with E-state index in [1.807, 2.05) is 30.3 Å². The minimum absolute atomic E-state index is 0.103. The second kappa shape index (κ2) is 3.55. The molecule has 0 radical (unpaired) electrons. The van der Waals surface area contributed by atoms with Crippen molar-refractivity contribution in [1.82, 2.24) is 15.0 Å². The van der Waals surface area contributed by atoms with Crippen molar-refractivity contribution in [3.8, 4) is 5.88 Å². The predicted molar refractivity (Wildman–Crippen MR) is 64.2 cm³/mol. The van der Waals surface area contributed by atoms with E-state index in [0.29, 0.717) is 12.1 Å². The van der Waals surface area contributed by atoms with Crippen LogP contribution in [0.25, 0.3) is 10.9 Å². The summed E-state index contributed by atoms with van der Waals surface area (Å²) in [5, 5.41) is 10.6. The van der Waals surface area contributed by atoms with Gasteiger partial charge in [-0.15, -0.1) is 0 Å². The van der Waals surface area contributed by atoms with E-state index >= 15 is 0 Å². The van der Waals surface area contributed by atoms with Crippen LogP contribution in [0.2, 0.25) is 0 Å². The van der Waals surface area contributed by atoms with Gasteiger partial charge >= 0.3 is 5.69 Å². The van der Waals surface area contributed by atoms with Crippen LogP contribution in [0.4, 0.5) is 0 Å². The highest BCUT2D eigenvalue weighted by Crippen LogP contribution is 2.18. The van der Waals surface area contributed by atoms with E-state index < -0.39 is 5.69 Å². The summed E-state index contributed by atoms with van der Waals surface area (Å²) in [6, 6.07) is 9.92. The van der Waals surface area contributed by atoms with Crippen molar-refractivity contribution < 1.29 is 5.11 Å². The van der Waals surface area contributed by atoms with Crippen molar-refractivity contribution in [2.75, 3.05) is 0 Å². The highest BCUT2D eigenvalue weighted by Gasteiger charge is 2.08. The second-order valence-electron chi connectivity index (χ2n) is 3.96. The van der Waals surface area contributed by atoms with Crippen LogP contribution >= 0.6 is 0 Å². The number of aromatic nitrogens is 3. The molecule has 4 N–H and O–H groups in total. The maximum Gasteiger partial charge on any atom is 0.325 e. The molecule has 86 valence electrons. The van der Waals surface area contributed by atoms with Crippen molar-refractivity contribution >= 4 is 10.9 Å². The fourth-order valence-electron chi connectivity index (χ4n) is 1.96. The van der Waals surface area contributed by atoms with Gasteiger partial charge in [-0.1, -0.05) is 18.2 Å². The number of rotatable bonds is 2. The van der Waals surface area contributed by atoms with Gasteiger partial charge in [-0.2, -0.15) is 0 Å². The Hall–Kier alpha value is -2.43. The lowest BCUT2D eigenvalue weighted by atomic mass is 10.2. The fourth-order valence-corrected chi connectivity index (χ4v) is 1.96. The number of fused-ring (bicyclic) bond motifs is 1. The topological polar surface area (TPSA) is 84.7 Å². The monoisotopic (exact) mass is 229 g/mol. The Bertz CT molecular complexity index is 688. The highest BCUT2D eigenvalue weighted by molar-refractivity contribution is 5.80. The molecule has 0 spiro atoms. The Balaban J connectivity index is 2.00. The molecule has 0 aliphatic carbocycles. The molecule has 0 aliphatic heterocycles. The molecule has 3 aromatic rings. The van der Waals surface area contributed by atoms with E-state index in [4.69, 9.17) is 0 Å². The molecule has 0 amide bonds. The molecule has 5 heteroatoms. The molecule has 5 nitrogen and oxygen atoms in total. The Morgan fingerprint density at radius 3 is 2.65 bits per heavy atom. The third-order valence-electron chi connectivity index (χ3n) is 2.74. The van der Waals surface area contributed by atoms with E-state index in [9.17, 15) is 9.90 Å². The number of para-hydroxylation sites is 1. The third kappa shape index (κ3) is 1.71. The summed E-state index contributed by atoms with van der Waals surface area (Å²) in [6.45, 7) is 0. The zero-order chi connectivity index (χ0) is 11.8. The Kier molecular flexibility index (Phi) is 2.04. The lowest BCUT2D eigenvalue weighted by Gasteiger charge is -1.94. The number of benzene rings is 1. The first-order valence-corrected chi connectivity index (χ1v) is 5.29. The first kappa shape index (κ1) is 9.77. The highest BCUT2D eigenvalue weighted by atomic mass is 16.3. The molecule has 0 fully saturated rings. The van der Waals surface area contributed by atoms with Crippen LogP contribution in [-0.4, -0.2) is 20.1 Å². The minimum Gasteiger partial charge on any atom is -0.493 e. The van der Waals surface area contributed by atoms with Gasteiger partial charge in [0, 0.05) is 17.6 Å². The van der Waals surface area contributed by atoms with Gasteiger partial charge in [0.2, 0.25) is 5.88 Å². The molecule has 0 unspecified atom stereocenters. The lowest BCUT2D eigenvalue weighted by molar-refractivity contribution is 0.450. The first-order chi connectivity index (χ1) is 8.22. The zero-order valence-electron chi connectivity index (χ0n) is 8.95. The SMILES string of the molecule is O=c1[nH]c(O)c(Cc2cc3ccccc3[nH]2)[nH]1. The van der Waals surface area contributed by atoms with Crippen LogP contribution in [-0.2, 0) is 6.42 Å². The summed E-state index contributed by atoms with van der Waals surface area (Å²) in [5.74, 6) is -0.103. The fraction of sp³-hybridized carbons (Fsp3) is 0.0833. The van der Waals surface area contributed by atoms with Gasteiger partial charge in [-0.05, 0) is 17.5 Å². The molecule has 3 rings (SSSR count). The molecule has 0 aliphatic rings. The number of nitrogens with one attached hydrogen (secondary N) is 3. The van der Waals surface area contributed by atoms with Crippen LogP contribution < -0.4 is 5.69 Å². The van der Waals surface area contributed by atoms with Gasteiger partial charge in [-0.25, -0.2) is 4.79 Å². The number of imidazole rings is 1. The molecule has 17 heavy (non-hydrogen) atoms. The lowest BCUT2D eigenvalue weighted by Crippen LogP contribution is -2.01. The summed E-state index contributed by atoms with van der Waals surface area (Å²) < 4.78 is 0. The average molecular weight is 229 g/mol. The normalized spacial score (nSPS) is 11.1. The van der Waals surface area contributed by atoms with Crippen molar-refractivity contribution in [3.05, 3.63) is 52.2 Å². The Morgan fingerprint density at radius 2 is 1.94 bits per heavy atom. The smallest absolute Gasteiger partial charge is 0.325 e. The summed E-state index contributed by atoms with van der Waals surface area (Å²) in [5.41, 5.74) is 2.08. The Labute approximate surface area is 96.1 Å². The molecule has 2 aromatic heterocycles.